The molecule has 1 aromatic heterocycles. The van der Waals surface area contributed by atoms with Gasteiger partial charge in [-0.2, -0.15) is 0 Å². The van der Waals surface area contributed by atoms with Crippen LogP contribution in [0.1, 0.15) is 22.7 Å². The second kappa shape index (κ2) is 5.37. The highest BCUT2D eigenvalue weighted by Gasteiger charge is 2.07. The van der Waals surface area contributed by atoms with Gasteiger partial charge in [0.1, 0.15) is 5.01 Å². The first-order valence-corrected chi connectivity index (χ1v) is 7.26. The van der Waals surface area contributed by atoms with Crippen LogP contribution in [0, 0.1) is 6.92 Å². The summed E-state index contributed by atoms with van der Waals surface area (Å²) in [5.74, 6) is 0. The van der Waals surface area contributed by atoms with Crippen molar-refractivity contribution in [1.29, 1.82) is 0 Å². The Bertz CT molecular complexity index is 660. The van der Waals surface area contributed by atoms with Crippen LogP contribution in [0.5, 0.6) is 0 Å². The summed E-state index contributed by atoms with van der Waals surface area (Å²) in [6.45, 7) is 2.04. The summed E-state index contributed by atoms with van der Waals surface area (Å²) in [5, 5.41) is 3.24. The minimum absolute atomic E-state index is 0.944. The number of hydrogen-bond acceptors (Lipinski definition) is 2. The molecule has 0 aliphatic heterocycles. The van der Waals surface area contributed by atoms with Crippen molar-refractivity contribution >= 4 is 22.5 Å². The van der Waals surface area contributed by atoms with E-state index in [1.165, 1.54) is 16.7 Å². The van der Waals surface area contributed by atoms with Gasteiger partial charge < -0.3 is 0 Å². The molecule has 0 saturated carbocycles. The second-order valence-corrected chi connectivity index (χ2v) is 5.44. The van der Waals surface area contributed by atoms with Crippen molar-refractivity contribution in [1.82, 2.24) is 4.98 Å². The smallest absolute Gasteiger partial charge is 0.119 e. The number of thiazole rings is 1. The molecule has 0 atom stereocenters. The highest BCUT2D eigenvalue weighted by molar-refractivity contribution is 7.10. The summed E-state index contributed by atoms with van der Waals surface area (Å²) in [6.07, 6.45) is 9.74. The Kier molecular flexibility index (Phi) is 3.43. The standard InChI is InChI=1S/C17H15NS/c1-13-12-19-17(18-13)16-9-5-8-15(10-11-16)14-6-3-2-4-7-14/h2-8,10-12H,9H2,1H3. The fraction of sp³-hybridized carbons (Fsp3) is 0.118. The van der Waals surface area contributed by atoms with E-state index in [2.05, 4.69) is 58.9 Å². The molecular weight excluding hydrogens is 250 g/mol. The van der Waals surface area contributed by atoms with Crippen LogP contribution in [-0.4, -0.2) is 4.98 Å². The summed E-state index contributed by atoms with van der Waals surface area (Å²) in [6, 6.07) is 10.5. The van der Waals surface area contributed by atoms with E-state index in [0.717, 1.165) is 17.1 Å². The quantitative estimate of drug-likeness (QED) is 0.754. The van der Waals surface area contributed by atoms with E-state index < -0.39 is 0 Å². The van der Waals surface area contributed by atoms with Gasteiger partial charge in [-0.25, -0.2) is 4.98 Å². The van der Waals surface area contributed by atoms with Gasteiger partial charge in [0.2, 0.25) is 0 Å². The zero-order chi connectivity index (χ0) is 13.1. The van der Waals surface area contributed by atoms with E-state index in [4.69, 9.17) is 0 Å². The lowest BCUT2D eigenvalue weighted by Gasteiger charge is -1.99. The minimum Gasteiger partial charge on any atom is -0.242 e. The van der Waals surface area contributed by atoms with E-state index in [9.17, 15) is 0 Å². The van der Waals surface area contributed by atoms with Gasteiger partial charge >= 0.3 is 0 Å². The number of aromatic nitrogens is 1. The highest BCUT2D eigenvalue weighted by atomic mass is 32.1. The average Bonchev–Trinajstić information content (AvgIpc) is 2.74. The Morgan fingerprint density at radius 3 is 2.68 bits per heavy atom. The normalized spacial score (nSPS) is 14.8. The molecule has 1 nitrogen and oxygen atoms in total. The second-order valence-electron chi connectivity index (χ2n) is 4.58. The maximum Gasteiger partial charge on any atom is 0.119 e. The minimum atomic E-state index is 0.944. The summed E-state index contributed by atoms with van der Waals surface area (Å²) in [7, 11) is 0. The number of nitrogens with zero attached hydrogens (tertiary/aromatic N) is 1. The summed E-state index contributed by atoms with van der Waals surface area (Å²) < 4.78 is 0. The van der Waals surface area contributed by atoms with Crippen LogP contribution in [0.4, 0.5) is 0 Å². The molecule has 1 aromatic carbocycles. The van der Waals surface area contributed by atoms with Crippen LogP contribution in [0.25, 0.3) is 11.1 Å². The molecule has 0 bridgehead atoms. The Balaban J connectivity index is 1.94. The van der Waals surface area contributed by atoms with Gasteiger partial charge in [-0.05, 0) is 30.1 Å². The summed E-state index contributed by atoms with van der Waals surface area (Å²) in [4.78, 5) is 4.56. The molecule has 0 N–H and O–H groups in total. The average molecular weight is 265 g/mol. The first kappa shape index (κ1) is 12.1. The fourth-order valence-electron chi connectivity index (χ4n) is 2.11. The van der Waals surface area contributed by atoms with Crippen LogP contribution >= 0.6 is 11.3 Å². The molecule has 2 aromatic rings. The molecule has 0 saturated heterocycles. The van der Waals surface area contributed by atoms with Crippen molar-refractivity contribution in [3.05, 3.63) is 76.3 Å². The molecular formula is C17H15NS. The maximum absolute atomic E-state index is 4.56. The predicted octanol–water partition coefficient (Wildman–Crippen LogP) is 4.88. The lowest BCUT2D eigenvalue weighted by atomic mass is 10.1. The van der Waals surface area contributed by atoms with Gasteiger partial charge in [0.15, 0.2) is 0 Å². The zero-order valence-corrected chi connectivity index (χ0v) is 11.7. The van der Waals surface area contributed by atoms with Crippen molar-refractivity contribution in [3.8, 4) is 0 Å². The molecule has 2 heteroatoms. The Labute approximate surface area is 117 Å². The van der Waals surface area contributed by atoms with Crippen LogP contribution in [0.15, 0.2) is 60.0 Å². The molecule has 0 radical (unpaired) electrons. The summed E-state index contributed by atoms with van der Waals surface area (Å²) >= 11 is 1.72. The summed E-state index contributed by atoms with van der Waals surface area (Å²) in [5.41, 5.74) is 4.90. The van der Waals surface area contributed by atoms with Gasteiger partial charge in [-0.1, -0.05) is 54.6 Å². The van der Waals surface area contributed by atoms with Crippen molar-refractivity contribution < 1.29 is 0 Å². The molecule has 19 heavy (non-hydrogen) atoms. The monoisotopic (exact) mass is 265 g/mol. The molecule has 3 rings (SSSR count). The molecule has 0 unspecified atom stereocenters. The van der Waals surface area contributed by atoms with Crippen LogP contribution in [0.3, 0.4) is 0 Å². The molecule has 1 heterocycles. The fourth-order valence-corrected chi connectivity index (χ4v) is 2.94. The third kappa shape index (κ3) is 2.74. The van der Waals surface area contributed by atoms with E-state index >= 15 is 0 Å². The first-order chi connectivity index (χ1) is 9.33. The molecule has 0 amide bonds. The predicted molar refractivity (Wildman–Crippen MR) is 83.0 cm³/mol. The third-order valence-corrected chi connectivity index (χ3v) is 4.14. The third-order valence-electron chi connectivity index (χ3n) is 3.10. The van der Waals surface area contributed by atoms with Gasteiger partial charge in [0, 0.05) is 11.1 Å². The largest absolute Gasteiger partial charge is 0.242 e. The lowest BCUT2D eigenvalue weighted by Crippen LogP contribution is -1.81. The SMILES string of the molecule is Cc1csc(C2=CC=C(c3ccccc3)C=CC2)n1. The van der Waals surface area contributed by atoms with Gasteiger partial charge in [0.05, 0.1) is 0 Å². The lowest BCUT2D eigenvalue weighted by molar-refractivity contribution is 1.22. The number of allylic oxidation sites excluding steroid dienone is 6. The number of rotatable bonds is 2. The van der Waals surface area contributed by atoms with E-state index in [-0.39, 0.29) is 0 Å². The van der Waals surface area contributed by atoms with Crippen LogP contribution in [-0.2, 0) is 0 Å². The first-order valence-electron chi connectivity index (χ1n) is 6.38. The Hall–Kier alpha value is -1.93. The van der Waals surface area contributed by atoms with Gasteiger partial charge in [0.25, 0.3) is 0 Å². The molecule has 1 aliphatic rings. The van der Waals surface area contributed by atoms with E-state index in [1.807, 2.05) is 13.0 Å². The van der Waals surface area contributed by atoms with Crippen molar-refractivity contribution in [2.75, 3.05) is 0 Å². The number of benzene rings is 1. The highest BCUT2D eigenvalue weighted by Crippen LogP contribution is 2.27. The number of aryl methyl sites for hydroxylation is 1. The van der Waals surface area contributed by atoms with Crippen LogP contribution < -0.4 is 0 Å². The van der Waals surface area contributed by atoms with E-state index in [1.54, 1.807) is 11.3 Å². The molecule has 0 spiro atoms. The Morgan fingerprint density at radius 2 is 1.95 bits per heavy atom. The molecule has 1 aliphatic carbocycles. The number of hydrogen-bond donors (Lipinski definition) is 0. The Morgan fingerprint density at radius 1 is 1.11 bits per heavy atom. The van der Waals surface area contributed by atoms with Crippen molar-refractivity contribution in [2.45, 2.75) is 13.3 Å². The van der Waals surface area contributed by atoms with Gasteiger partial charge in [-0.15, -0.1) is 11.3 Å². The zero-order valence-electron chi connectivity index (χ0n) is 10.8. The van der Waals surface area contributed by atoms with E-state index in [0.29, 0.717) is 0 Å². The van der Waals surface area contributed by atoms with Gasteiger partial charge in [-0.3, -0.25) is 0 Å². The van der Waals surface area contributed by atoms with Crippen molar-refractivity contribution in [3.63, 3.8) is 0 Å². The topological polar surface area (TPSA) is 12.9 Å². The molecule has 0 fully saturated rings. The molecule has 94 valence electrons. The van der Waals surface area contributed by atoms with Crippen LogP contribution in [0.2, 0.25) is 0 Å². The van der Waals surface area contributed by atoms with Crippen molar-refractivity contribution in [2.24, 2.45) is 0 Å². The maximum atomic E-state index is 4.56.